The molecule has 3 rings (SSSR count). The fraction of sp³-hybridized carbons (Fsp3) is 0.263. The van der Waals surface area contributed by atoms with E-state index in [0.717, 1.165) is 11.1 Å². The largest absolute Gasteiger partial charge is 0.370 e. The average molecular weight is 374 g/mol. The Kier molecular flexibility index (Phi) is 5.71. The van der Waals surface area contributed by atoms with Crippen LogP contribution in [-0.2, 0) is 11.3 Å². The molecule has 134 valence electrons. The SMILES string of the molecule is N#Cc1cccc(CNC(=O)N2CCO[C@@H](c3ccc(F)c(Cl)c3)C2)c1. The molecule has 0 aromatic heterocycles. The zero-order valence-corrected chi connectivity index (χ0v) is 14.7. The maximum absolute atomic E-state index is 13.3. The first-order valence-corrected chi connectivity index (χ1v) is 8.53. The highest BCUT2D eigenvalue weighted by Crippen LogP contribution is 2.26. The van der Waals surface area contributed by atoms with E-state index in [4.69, 9.17) is 21.6 Å². The fourth-order valence-corrected chi connectivity index (χ4v) is 2.98. The molecule has 2 amide bonds. The zero-order valence-electron chi connectivity index (χ0n) is 13.9. The summed E-state index contributed by atoms with van der Waals surface area (Å²) in [5.74, 6) is -0.486. The molecule has 0 spiro atoms. The summed E-state index contributed by atoms with van der Waals surface area (Å²) in [5, 5.41) is 11.8. The van der Waals surface area contributed by atoms with E-state index < -0.39 is 5.82 Å². The highest BCUT2D eigenvalue weighted by molar-refractivity contribution is 6.30. The number of amides is 2. The second-order valence-electron chi connectivity index (χ2n) is 5.95. The van der Waals surface area contributed by atoms with Crippen molar-refractivity contribution in [2.75, 3.05) is 19.7 Å². The lowest BCUT2D eigenvalue weighted by Crippen LogP contribution is -2.46. The maximum Gasteiger partial charge on any atom is 0.317 e. The molecule has 0 radical (unpaired) electrons. The number of benzene rings is 2. The zero-order chi connectivity index (χ0) is 18.5. The lowest BCUT2D eigenvalue weighted by Gasteiger charge is -2.33. The summed E-state index contributed by atoms with van der Waals surface area (Å²) < 4.78 is 19.0. The Hall–Kier alpha value is -2.62. The topological polar surface area (TPSA) is 65.4 Å². The van der Waals surface area contributed by atoms with Crippen molar-refractivity contribution in [2.24, 2.45) is 0 Å². The summed E-state index contributed by atoms with van der Waals surface area (Å²) in [6, 6.07) is 13.4. The van der Waals surface area contributed by atoms with Crippen LogP contribution in [0.1, 0.15) is 22.8 Å². The van der Waals surface area contributed by atoms with Gasteiger partial charge in [-0.3, -0.25) is 0 Å². The highest BCUT2D eigenvalue weighted by Gasteiger charge is 2.25. The van der Waals surface area contributed by atoms with Gasteiger partial charge in [0.25, 0.3) is 0 Å². The van der Waals surface area contributed by atoms with Crippen LogP contribution in [0.5, 0.6) is 0 Å². The first kappa shape index (κ1) is 18.2. The predicted molar refractivity (Wildman–Crippen MR) is 95.1 cm³/mol. The molecule has 5 nitrogen and oxygen atoms in total. The molecule has 1 N–H and O–H groups in total. The first-order chi connectivity index (χ1) is 12.6. The number of halogens is 2. The van der Waals surface area contributed by atoms with Gasteiger partial charge in [-0.15, -0.1) is 0 Å². The molecule has 2 aromatic carbocycles. The van der Waals surface area contributed by atoms with Crippen LogP contribution in [0.3, 0.4) is 0 Å². The lowest BCUT2D eigenvalue weighted by atomic mass is 10.1. The van der Waals surface area contributed by atoms with Gasteiger partial charge in [0.05, 0.1) is 29.8 Å². The molecule has 1 atom stereocenters. The number of hydrogen-bond donors (Lipinski definition) is 1. The van der Waals surface area contributed by atoms with Crippen molar-refractivity contribution in [1.82, 2.24) is 10.2 Å². The van der Waals surface area contributed by atoms with Crippen molar-refractivity contribution in [3.05, 3.63) is 70.0 Å². The van der Waals surface area contributed by atoms with Gasteiger partial charge < -0.3 is 15.0 Å². The van der Waals surface area contributed by atoms with Crippen LogP contribution in [0.25, 0.3) is 0 Å². The molecule has 0 saturated carbocycles. The van der Waals surface area contributed by atoms with E-state index in [1.807, 2.05) is 6.07 Å². The van der Waals surface area contributed by atoms with Gasteiger partial charge in [-0.05, 0) is 35.4 Å². The molecular formula is C19H17ClFN3O2. The Morgan fingerprint density at radius 1 is 1.38 bits per heavy atom. The van der Waals surface area contributed by atoms with E-state index in [0.29, 0.717) is 31.8 Å². The average Bonchev–Trinajstić information content (AvgIpc) is 2.68. The normalized spacial score (nSPS) is 16.8. The molecular weight excluding hydrogens is 357 g/mol. The van der Waals surface area contributed by atoms with Gasteiger partial charge in [-0.1, -0.05) is 29.8 Å². The molecule has 7 heteroatoms. The molecule has 1 heterocycles. The quantitative estimate of drug-likeness (QED) is 0.893. The van der Waals surface area contributed by atoms with Crippen molar-refractivity contribution in [3.63, 3.8) is 0 Å². The minimum absolute atomic E-state index is 0.0325. The van der Waals surface area contributed by atoms with Gasteiger partial charge >= 0.3 is 6.03 Å². The lowest BCUT2D eigenvalue weighted by molar-refractivity contribution is -0.0155. The molecule has 26 heavy (non-hydrogen) atoms. The van der Waals surface area contributed by atoms with Crippen LogP contribution in [0.4, 0.5) is 9.18 Å². The third kappa shape index (κ3) is 4.31. The number of urea groups is 1. The monoisotopic (exact) mass is 373 g/mol. The van der Waals surface area contributed by atoms with Crippen molar-refractivity contribution in [3.8, 4) is 6.07 Å². The van der Waals surface area contributed by atoms with Crippen LogP contribution in [0.15, 0.2) is 42.5 Å². The number of morpholine rings is 1. The molecule has 0 bridgehead atoms. The van der Waals surface area contributed by atoms with Crippen LogP contribution >= 0.6 is 11.6 Å². The van der Waals surface area contributed by atoms with E-state index in [2.05, 4.69) is 11.4 Å². The number of ether oxygens (including phenoxy) is 1. The van der Waals surface area contributed by atoms with Crippen molar-refractivity contribution in [1.29, 1.82) is 5.26 Å². The van der Waals surface area contributed by atoms with Gasteiger partial charge in [-0.2, -0.15) is 5.26 Å². The second-order valence-corrected chi connectivity index (χ2v) is 6.36. The number of nitrogens with one attached hydrogen (secondary N) is 1. The molecule has 0 aliphatic carbocycles. The van der Waals surface area contributed by atoms with Gasteiger partial charge in [-0.25, -0.2) is 9.18 Å². The summed E-state index contributed by atoms with van der Waals surface area (Å²) in [6.45, 7) is 1.54. The summed E-state index contributed by atoms with van der Waals surface area (Å²) in [5.41, 5.74) is 2.14. The summed E-state index contributed by atoms with van der Waals surface area (Å²) in [4.78, 5) is 14.1. The smallest absolute Gasteiger partial charge is 0.317 e. The number of carbonyl (C=O) groups is 1. The van der Waals surface area contributed by atoms with Crippen LogP contribution in [0.2, 0.25) is 5.02 Å². The van der Waals surface area contributed by atoms with Gasteiger partial charge in [0.1, 0.15) is 11.9 Å². The predicted octanol–water partition coefficient (Wildman–Crippen LogP) is 3.63. The number of nitriles is 1. The Morgan fingerprint density at radius 3 is 3.00 bits per heavy atom. The standard InChI is InChI=1S/C19H17ClFN3O2/c20-16-9-15(4-5-17(16)21)18-12-24(6-7-26-18)19(25)23-11-14-3-1-2-13(8-14)10-22/h1-5,8-9,18H,6-7,11-12H2,(H,23,25)/t18-/m1/s1. The summed E-state index contributed by atoms with van der Waals surface area (Å²) in [7, 11) is 0. The number of rotatable bonds is 3. The minimum atomic E-state index is -0.486. The van der Waals surface area contributed by atoms with Crippen LogP contribution in [0, 0.1) is 17.1 Å². The van der Waals surface area contributed by atoms with E-state index in [9.17, 15) is 9.18 Å². The van der Waals surface area contributed by atoms with Crippen molar-refractivity contribution >= 4 is 17.6 Å². The summed E-state index contributed by atoms with van der Waals surface area (Å²) >= 11 is 5.83. The third-order valence-electron chi connectivity index (χ3n) is 4.17. The van der Waals surface area contributed by atoms with E-state index in [1.165, 1.54) is 12.1 Å². The first-order valence-electron chi connectivity index (χ1n) is 8.15. The minimum Gasteiger partial charge on any atom is -0.370 e. The number of carbonyl (C=O) groups excluding carboxylic acids is 1. The maximum atomic E-state index is 13.3. The Labute approximate surface area is 155 Å². The highest BCUT2D eigenvalue weighted by atomic mass is 35.5. The Bertz CT molecular complexity index is 853. The summed E-state index contributed by atoms with van der Waals surface area (Å²) in [6.07, 6.45) is -0.352. The third-order valence-corrected chi connectivity index (χ3v) is 4.46. The van der Waals surface area contributed by atoms with E-state index >= 15 is 0 Å². The fourth-order valence-electron chi connectivity index (χ4n) is 2.79. The molecule has 1 fully saturated rings. The molecule has 1 aliphatic rings. The number of nitrogens with zero attached hydrogens (tertiary/aromatic N) is 2. The van der Waals surface area contributed by atoms with Gasteiger partial charge in [0, 0.05) is 13.1 Å². The van der Waals surface area contributed by atoms with Gasteiger partial charge in [0.15, 0.2) is 0 Å². The van der Waals surface area contributed by atoms with Gasteiger partial charge in [0.2, 0.25) is 0 Å². The Balaban J connectivity index is 1.60. The molecule has 0 unspecified atom stereocenters. The Morgan fingerprint density at radius 2 is 2.23 bits per heavy atom. The molecule has 1 aliphatic heterocycles. The van der Waals surface area contributed by atoms with E-state index in [-0.39, 0.29) is 17.2 Å². The number of hydrogen-bond acceptors (Lipinski definition) is 3. The van der Waals surface area contributed by atoms with Crippen LogP contribution < -0.4 is 5.32 Å². The van der Waals surface area contributed by atoms with E-state index in [1.54, 1.807) is 29.2 Å². The van der Waals surface area contributed by atoms with Crippen LogP contribution in [-0.4, -0.2) is 30.6 Å². The van der Waals surface area contributed by atoms with Crippen molar-refractivity contribution in [2.45, 2.75) is 12.6 Å². The van der Waals surface area contributed by atoms with Crippen molar-refractivity contribution < 1.29 is 13.9 Å². The molecule has 1 saturated heterocycles. The second kappa shape index (κ2) is 8.17. The molecule has 2 aromatic rings.